The first-order valence-electron chi connectivity index (χ1n) is 5.19. The third-order valence-corrected chi connectivity index (χ3v) is 4.13. The second-order valence-electron chi connectivity index (χ2n) is 4.54. The van der Waals surface area contributed by atoms with Gasteiger partial charge >= 0.3 is 6.09 Å². The number of rotatable bonds is 1. The number of ether oxygens (including phenoxy) is 1. The van der Waals surface area contributed by atoms with E-state index in [0.717, 1.165) is 25.7 Å². The van der Waals surface area contributed by atoms with Gasteiger partial charge in [0.1, 0.15) is 5.60 Å². The van der Waals surface area contributed by atoms with Crippen LogP contribution < -0.4 is 5.32 Å². The van der Waals surface area contributed by atoms with Crippen molar-refractivity contribution in [2.75, 3.05) is 5.88 Å². The lowest BCUT2D eigenvalue weighted by molar-refractivity contribution is -0.0188. The highest BCUT2D eigenvalue weighted by atomic mass is 35.5. The average Bonchev–Trinajstić information content (AvgIpc) is 2.40. The lowest BCUT2D eigenvalue weighted by Crippen LogP contribution is -2.57. The summed E-state index contributed by atoms with van der Waals surface area (Å²) in [6, 6.07) is 0. The lowest BCUT2D eigenvalue weighted by atomic mass is 9.73. The van der Waals surface area contributed by atoms with Crippen molar-refractivity contribution in [2.45, 2.75) is 50.2 Å². The zero-order valence-electron chi connectivity index (χ0n) is 8.44. The molecule has 0 aromatic heterocycles. The molecule has 2 rings (SSSR count). The Morgan fingerprint density at radius 2 is 2.07 bits per heavy atom. The van der Waals surface area contributed by atoms with Crippen molar-refractivity contribution < 1.29 is 9.53 Å². The van der Waals surface area contributed by atoms with Gasteiger partial charge in [0.15, 0.2) is 0 Å². The maximum Gasteiger partial charge on any atom is 0.408 e. The first-order chi connectivity index (χ1) is 6.62. The van der Waals surface area contributed by atoms with Gasteiger partial charge in [-0.1, -0.05) is 6.42 Å². The molecule has 0 aromatic rings. The van der Waals surface area contributed by atoms with E-state index in [4.69, 9.17) is 16.3 Å². The highest BCUT2D eigenvalue weighted by Gasteiger charge is 2.57. The van der Waals surface area contributed by atoms with Crippen LogP contribution in [0.1, 0.15) is 39.0 Å². The largest absolute Gasteiger partial charge is 0.440 e. The lowest BCUT2D eigenvalue weighted by Gasteiger charge is -2.41. The summed E-state index contributed by atoms with van der Waals surface area (Å²) in [5.41, 5.74) is -0.726. The van der Waals surface area contributed by atoms with Gasteiger partial charge < -0.3 is 10.1 Å². The van der Waals surface area contributed by atoms with Crippen LogP contribution in [0.3, 0.4) is 0 Å². The Balaban J connectivity index is 2.26. The number of hydrogen-bond donors (Lipinski definition) is 1. The Morgan fingerprint density at radius 3 is 2.64 bits per heavy atom. The normalized spacial score (nSPS) is 35.4. The number of alkyl carbamates (subject to hydrolysis) is 1. The Bertz CT molecular complexity index is 251. The van der Waals surface area contributed by atoms with Crippen molar-refractivity contribution in [1.82, 2.24) is 5.32 Å². The van der Waals surface area contributed by atoms with E-state index in [1.165, 1.54) is 6.42 Å². The molecule has 4 heteroatoms. The zero-order chi connectivity index (χ0) is 10.2. The van der Waals surface area contributed by atoms with E-state index in [0.29, 0.717) is 5.88 Å². The van der Waals surface area contributed by atoms with E-state index in [1.54, 1.807) is 0 Å². The Hall–Kier alpha value is -0.440. The van der Waals surface area contributed by atoms with E-state index in [1.807, 2.05) is 6.92 Å². The molecule has 1 saturated heterocycles. The molecule has 3 nitrogen and oxygen atoms in total. The fourth-order valence-electron chi connectivity index (χ4n) is 2.59. The molecule has 2 aliphatic rings. The zero-order valence-corrected chi connectivity index (χ0v) is 9.19. The van der Waals surface area contributed by atoms with Crippen molar-refractivity contribution in [3.05, 3.63) is 0 Å². The van der Waals surface area contributed by atoms with Crippen molar-refractivity contribution in [2.24, 2.45) is 0 Å². The van der Waals surface area contributed by atoms with Gasteiger partial charge in [-0.25, -0.2) is 4.79 Å². The molecule has 0 bridgehead atoms. The monoisotopic (exact) mass is 217 g/mol. The molecule has 1 aliphatic heterocycles. The van der Waals surface area contributed by atoms with Crippen LogP contribution >= 0.6 is 11.6 Å². The first kappa shape index (κ1) is 10.1. The molecule has 1 spiro atoms. The smallest absolute Gasteiger partial charge is 0.408 e. The summed E-state index contributed by atoms with van der Waals surface area (Å²) < 4.78 is 5.46. The summed E-state index contributed by atoms with van der Waals surface area (Å²) in [5, 5.41) is 2.85. The number of nitrogens with one attached hydrogen (secondary N) is 1. The standard InChI is InChI=1S/C10H16ClNO2/c1-9(7-11)10(14-8(13)12-9)5-3-2-4-6-10/h2-7H2,1H3,(H,12,13). The van der Waals surface area contributed by atoms with E-state index in [9.17, 15) is 4.79 Å². The Kier molecular flexibility index (Phi) is 2.38. The van der Waals surface area contributed by atoms with Crippen molar-refractivity contribution in [3.8, 4) is 0 Å². The minimum Gasteiger partial charge on any atom is -0.440 e. The number of alkyl halides is 1. The van der Waals surface area contributed by atoms with Crippen molar-refractivity contribution in [3.63, 3.8) is 0 Å². The van der Waals surface area contributed by atoms with Crippen LogP contribution in [0.2, 0.25) is 0 Å². The molecule has 1 saturated carbocycles. The maximum atomic E-state index is 11.3. The van der Waals surface area contributed by atoms with Crippen LogP contribution in [-0.2, 0) is 4.74 Å². The third-order valence-electron chi connectivity index (χ3n) is 3.60. The summed E-state index contributed by atoms with van der Waals surface area (Å²) in [7, 11) is 0. The minimum atomic E-state index is -0.383. The van der Waals surface area contributed by atoms with E-state index >= 15 is 0 Å². The molecule has 80 valence electrons. The van der Waals surface area contributed by atoms with Crippen LogP contribution in [0.15, 0.2) is 0 Å². The number of amides is 1. The van der Waals surface area contributed by atoms with Gasteiger partial charge in [-0.05, 0) is 32.6 Å². The van der Waals surface area contributed by atoms with Crippen LogP contribution in [0.25, 0.3) is 0 Å². The van der Waals surface area contributed by atoms with Gasteiger partial charge in [-0.3, -0.25) is 0 Å². The molecule has 1 atom stereocenters. The second-order valence-corrected chi connectivity index (χ2v) is 4.80. The summed E-state index contributed by atoms with van der Waals surface area (Å²) in [5.74, 6) is 0.415. The highest BCUT2D eigenvalue weighted by Crippen LogP contribution is 2.44. The SMILES string of the molecule is CC1(CCl)NC(=O)OC12CCCCC2. The van der Waals surface area contributed by atoms with Crippen LogP contribution in [0.5, 0.6) is 0 Å². The molecular weight excluding hydrogens is 202 g/mol. The molecule has 0 radical (unpaired) electrons. The number of halogens is 1. The molecule has 2 fully saturated rings. The topological polar surface area (TPSA) is 38.3 Å². The molecule has 1 amide bonds. The van der Waals surface area contributed by atoms with Gasteiger partial charge in [-0.2, -0.15) is 0 Å². The summed E-state index contributed by atoms with van der Waals surface area (Å²) in [6.07, 6.45) is 5.06. The Morgan fingerprint density at radius 1 is 1.43 bits per heavy atom. The number of carbonyl (C=O) groups is 1. The predicted molar refractivity (Wildman–Crippen MR) is 54.6 cm³/mol. The molecule has 1 aliphatic carbocycles. The second kappa shape index (κ2) is 3.30. The molecule has 1 N–H and O–H groups in total. The fraction of sp³-hybridized carbons (Fsp3) is 0.900. The van der Waals surface area contributed by atoms with Crippen LogP contribution in [0, 0.1) is 0 Å². The quantitative estimate of drug-likeness (QED) is 0.686. The highest BCUT2D eigenvalue weighted by molar-refractivity contribution is 6.19. The summed E-state index contributed by atoms with van der Waals surface area (Å²) >= 11 is 5.94. The number of carbonyl (C=O) groups excluding carboxylic acids is 1. The van der Waals surface area contributed by atoms with Gasteiger partial charge in [0, 0.05) is 5.88 Å². The van der Waals surface area contributed by atoms with Gasteiger partial charge in [-0.15, -0.1) is 11.6 Å². The van der Waals surface area contributed by atoms with Crippen molar-refractivity contribution >= 4 is 17.7 Å². The first-order valence-corrected chi connectivity index (χ1v) is 5.72. The van der Waals surface area contributed by atoms with E-state index in [-0.39, 0.29) is 17.2 Å². The van der Waals surface area contributed by atoms with Gasteiger partial charge in [0.05, 0.1) is 5.54 Å². The van der Waals surface area contributed by atoms with Crippen LogP contribution in [0.4, 0.5) is 4.79 Å². The average molecular weight is 218 g/mol. The van der Waals surface area contributed by atoms with E-state index < -0.39 is 0 Å². The maximum absolute atomic E-state index is 11.3. The molecule has 1 heterocycles. The summed E-state index contributed by atoms with van der Waals surface area (Å²) in [4.78, 5) is 11.3. The third kappa shape index (κ3) is 1.29. The molecular formula is C10H16ClNO2. The molecule has 14 heavy (non-hydrogen) atoms. The fourth-order valence-corrected chi connectivity index (χ4v) is 2.90. The summed E-state index contributed by atoms with van der Waals surface area (Å²) in [6.45, 7) is 1.98. The van der Waals surface area contributed by atoms with Crippen molar-refractivity contribution in [1.29, 1.82) is 0 Å². The number of hydrogen-bond acceptors (Lipinski definition) is 2. The Labute approximate surface area is 89.1 Å². The molecule has 1 unspecified atom stereocenters. The van der Waals surface area contributed by atoms with E-state index in [2.05, 4.69) is 5.32 Å². The predicted octanol–water partition coefficient (Wildman–Crippen LogP) is 2.43. The van der Waals surface area contributed by atoms with Gasteiger partial charge in [0.25, 0.3) is 0 Å². The molecule has 0 aromatic carbocycles. The minimum absolute atomic E-state index is 0.310. The van der Waals surface area contributed by atoms with Gasteiger partial charge in [0.2, 0.25) is 0 Å². The van der Waals surface area contributed by atoms with Crippen LogP contribution in [-0.4, -0.2) is 23.1 Å².